The molecule has 5 nitrogen and oxygen atoms in total. The number of nitrogens with zero attached hydrogens (tertiary/aromatic N) is 2. The maximum atomic E-state index is 11.4. The van der Waals surface area contributed by atoms with E-state index in [1.54, 1.807) is 0 Å². The van der Waals surface area contributed by atoms with Crippen LogP contribution in [0.25, 0.3) is 0 Å². The van der Waals surface area contributed by atoms with Crippen molar-refractivity contribution in [3.8, 4) is 0 Å². The van der Waals surface area contributed by atoms with Crippen molar-refractivity contribution in [2.24, 2.45) is 0 Å². The highest BCUT2D eigenvalue weighted by atomic mass is 16.1. The Balaban J connectivity index is 2.32. The Labute approximate surface area is 115 Å². The van der Waals surface area contributed by atoms with Crippen LogP contribution in [0, 0.1) is 0 Å². The van der Waals surface area contributed by atoms with Gasteiger partial charge in [0, 0.05) is 19.3 Å². The molecule has 5 heteroatoms. The van der Waals surface area contributed by atoms with Gasteiger partial charge in [-0.15, -0.1) is 0 Å². The van der Waals surface area contributed by atoms with Crippen LogP contribution in [0.4, 0.5) is 0 Å². The summed E-state index contributed by atoms with van der Waals surface area (Å²) in [6.07, 6.45) is 5.16. The lowest BCUT2D eigenvalue weighted by Crippen LogP contribution is -2.34. The molecule has 0 radical (unpaired) electrons. The van der Waals surface area contributed by atoms with Gasteiger partial charge in [0.05, 0.1) is 18.3 Å². The third-order valence-electron chi connectivity index (χ3n) is 3.14. The van der Waals surface area contributed by atoms with Gasteiger partial charge in [0.1, 0.15) is 0 Å². The van der Waals surface area contributed by atoms with Crippen LogP contribution in [0.5, 0.6) is 0 Å². The monoisotopic (exact) mass is 266 g/mol. The van der Waals surface area contributed by atoms with Crippen LogP contribution in [0.15, 0.2) is 12.3 Å². The van der Waals surface area contributed by atoms with Crippen LogP contribution in [0.2, 0.25) is 0 Å². The van der Waals surface area contributed by atoms with Crippen molar-refractivity contribution >= 4 is 5.91 Å². The van der Waals surface area contributed by atoms with E-state index in [0.29, 0.717) is 19.1 Å². The van der Waals surface area contributed by atoms with E-state index in [0.717, 1.165) is 31.5 Å². The van der Waals surface area contributed by atoms with Crippen LogP contribution in [-0.4, -0.2) is 28.8 Å². The first-order valence-corrected chi connectivity index (χ1v) is 7.22. The van der Waals surface area contributed by atoms with Crippen LogP contribution in [0.3, 0.4) is 0 Å². The Morgan fingerprint density at radius 2 is 2.11 bits per heavy atom. The van der Waals surface area contributed by atoms with E-state index < -0.39 is 0 Å². The van der Waals surface area contributed by atoms with Gasteiger partial charge in [-0.2, -0.15) is 5.10 Å². The predicted octanol–water partition coefficient (Wildman–Crippen LogP) is 1.86. The minimum Gasteiger partial charge on any atom is -0.355 e. The second-order valence-corrected chi connectivity index (χ2v) is 4.71. The van der Waals surface area contributed by atoms with Crippen LogP contribution in [0.1, 0.15) is 51.8 Å². The summed E-state index contributed by atoms with van der Waals surface area (Å²) in [5.74, 6) is 0.0428. The second kappa shape index (κ2) is 8.69. The van der Waals surface area contributed by atoms with Crippen molar-refractivity contribution in [1.29, 1.82) is 0 Å². The maximum Gasteiger partial charge on any atom is 0.233 e. The molecule has 0 aliphatic rings. The van der Waals surface area contributed by atoms with Crippen molar-refractivity contribution in [1.82, 2.24) is 20.4 Å². The molecule has 19 heavy (non-hydrogen) atoms. The summed E-state index contributed by atoms with van der Waals surface area (Å²) in [6.45, 7) is 8.10. The first-order valence-electron chi connectivity index (χ1n) is 7.22. The summed E-state index contributed by atoms with van der Waals surface area (Å²) in [6, 6.07) is 2.48. The van der Waals surface area contributed by atoms with Gasteiger partial charge in [0.2, 0.25) is 5.91 Å². The normalized spacial score (nSPS) is 10.9. The molecule has 0 aromatic carbocycles. The molecular weight excluding hydrogens is 240 g/mol. The highest BCUT2D eigenvalue weighted by Crippen LogP contribution is 2.14. The number of hydrogen-bond acceptors (Lipinski definition) is 3. The van der Waals surface area contributed by atoms with Gasteiger partial charge in [0.15, 0.2) is 0 Å². The van der Waals surface area contributed by atoms with E-state index in [2.05, 4.69) is 29.6 Å². The predicted molar refractivity (Wildman–Crippen MR) is 76.9 cm³/mol. The van der Waals surface area contributed by atoms with Gasteiger partial charge in [-0.05, 0) is 25.3 Å². The van der Waals surface area contributed by atoms with Crippen molar-refractivity contribution in [3.63, 3.8) is 0 Å². The van der Waals surface area contributed by atoms with Gasteiger partial charge >= 0.3 is 0 Å². The Hall–Kier alpha value is -1.36. The number of nitrogens with one attached hydrogen (secondary N) is 2. The number of amides is 1. The number of rotatable bonds is 9. The summed E-state index contributed by atoms with van der Waals surface area (Å²) >= 11 is 0. The summed E-state index contributed by atoms with van der Waals surface area (Å²) in [5.41, 5.74) is 0.982. The van der Waals surface area contributed by atoms with Crippen LogP contribution in [-0.2, 0) is 11.3 Å². The molecule has 1 aromatic rings. The first kappa shape index (κ1) is 15.7. The molecule has 2 N–H and O–H groups in total. The van der Waals surface area contributed by atoms with Crippen molar-refractivity contribution in [2.45, 2.75) is 52.6 Å². The molecule has 0 saturated heterocycles. The van der Waals surface area contributed by atoms with E-state index in [1.165, 1.54) is 0 Å². The Morgan fingerprint density at radius 1 is 1.37 bits per heavy atom. The van der Waals surface area contributed by atoms with Gasteiger partial charge in [-0.3, -0.25) is 9.48 Å². The zero-order valence-electron chi connectivity index (χ0n) is 12.3. The number of hydrogen-bond donors (Lipinski definition) is 2. The molecule has 0 aliphatic heterocycles. The van der Waals surface area contributed by atoms with Gasteiger partial charge in [0.25, 0.3) is 0 Å². The largest absolute Gasteiger partial charge is 0.355 e. The van der Waals surface area contributed by atoms with E-state index >= 15 is 0 Å². The molecule has 0 atom stereocenters. The number of aromatic nitrogens is 2. The van der Waals surface area contributed by atoms with Gasteiger partial charge in [-0.1, -0.05) is 20.8 Å². The smallest absolute Gasteiger partial charge is 0.233 e. The first-order chi connectivity index (χ1) is 9.21. The maximum absolute atomic E-state index is 11.4. The molecule has 0 saturated carbocycles. The average Bonchev–Trinajstić information content (AvgIpc) is 2.86. The van der Waals surface area contributed by atoms with E-state index in [1.807, 2.05) is 23.9 Å². The van der Waals surface area contributed by atoms with E-state index in [9.17, 15) is 4.79 Å². The third kappa shape index (κ3) is 5.42. The van der Waals surface area contributed by atoms with Crippen molar-refractivity contribution in [3.05, 3.63) is 18.0 Å². The lowest BCUT2D eigenvalue weighted by atomic mass is 10.2. The summed E-state index contributed by atoms with van der Waals surface area (Å²) in [7, 11) is 0. The Bertz CT molecular complexity index is 371. The van der Waals surface area contributed by atoms with Crippen molar-refractivity contribution < 1.29 is 4.79 Å². The molecule has 0 spiro atoms. The lowest BCUT2D eigenvalue weighted by molar-refractivity contribution is -0.120. The molecule has 108 valence electrons. The quantitative estimate of drug-likeness (QED) is 0.717. The summed E-state index contributed by atoms with van der Waals surface area (Å²) < 4.78 is 2.02. The van der Waals surface area contributed by atoms with Crippen LogP contribution >= 0.6 is 0 Å². The highest BCUT2D eigenvalue weighted by molar-refractivity contribution is 5.77. The highest BCUT2D eigenvalue weighted by Gasteiger charge is 2.07. The molecule has 0 bridgehead atoms. The zero-order valence-corrected chi connectivity index (χ0v) is 12.3. The zero-order chi connectivity index (χ0) is 14.1. The average molecular weight is 266 g/mol. The molecule has 1 heterocycles. The standard InChI is InChI=1S/C14H26N4O/c1-4-8-16-14(19)11-15-10-12-7-9-18(17-12)13(5-2)6-3/h7,9,13,15H,4-6,8,10-11H2,1-3H3,(H,16,19). The van der Waals surface area contributed by atoms with E-state index in [4.69, 9.17) is 0 Å². The lowest BCUT2D eigenvalue weighted by Gasteiger charge is -2.12. The van der Waals surface area contributed by atoms with E-state index in [-0.39, 0.29) is 5.91 Å². The molecule has 0 unspecified atom stereocenters. The molecule has 1 amide bonds. The minimum absolute atomic E-state index is 0.0428. The van der Waals surface area contributed by atoms with Crippen molar-refractivity contribution in [2.75, 3.05) is 13.1 Å². The fraction of sp³-hybridized carbons (Fsp3) is 0.714. The van der Waals surface area contributed by atoms with Crippen LogP contribution < -0.4 is 10.6 Å². The Morgan fingerprint density at radius 3 is 2.74 bits per heavy atom. The molecule has 0 aliphatic carbocycles. The third-order valence-corrected chi connectivity index (χ3v) is 3.14. The number of carbonyl (C=O) groups is 1. The van der Waals surface area contributed by atoms with Gasteiger partial charge < -0.3 is 10.6 Å². The fourth-order valence-electron chi connectivity index (χ4n) is 1.97. The molecular formula is C14H26N4O. The number of carbonyl (C=O) groups excluding carboxylic acids is 1. The Kier molecular flexibility index (Phi) is 7.18. The topological polar surface area (TPSA) is 59.0 Å². The molecule has 1 rings (SSSR count). The summed E-state index contributed by atoms with van der Waals surface area (Å²) in [4.78, 5) is 11.4. The molecule has 0 fully saturated rings. The summed E-state index contributed by atoms with van der Waals surface area (Å²) in [5, 5.41) is 10.5. The van der Waals surface area contributed by atoms with Gasteiger partial charge in [-0.25, -0.2) is 0 Å². The molecule has 1 aromatic heterocycles. The fourth-order valence-corrected chi connectivity index (χ4v) is 1.97. The SMILES string of the molecule is CCCNC(=O)CNCc1ccn(C(CC)CC)n1. The minimum atomic E-state index is 0.0428. The second-order valence-electron chi connectivity index (χ2n) is 4.71.